The smallest absolute Gasteiger partial charge is 0.259 e. The lowest BCUT2D eigenvalue weighted by Gasteiger charge is -2.06. The van der Waals surface area contributed by atoms with E-state index in [0.717, 1.165) is 4.88 Å². The number of aryl methyl sites for hydroxylation is 2. The molecule has 0 spiro atoms. The van der Waals surface area contributed by atoms with Crippen molar-refractivity contribution in [3.8, 4) is 11.8 Å². The molecule has 0 unspecified atom stereocenters. The average Bonchev–Trinajstić information content (AvgIpc) is 2.92. The van der Waals surface area contributed by atoms with Crippen LogP contribution in [0.1, 0.15) is 33.5 Å². The summed E-state index contributed by atoms with van der Waals surface area (Å²) in [6.07, 6.45) is 2.25. The summed E-state index contributed by atoms with van der Waals surface area (Å²) in [5.74, 6) is 5.38. The molecule has 1 amide bonds. The maximum Gasteiger partial charge on any atom is 0.259 e. The second-order valence-electron chi connectivity index (χ2n) is 4.19. The number of anilines is 1. The van der Waals surface area contributed by atoms with Gasteiger partial charge >= 0.3 is 0 Å². The Kier molecular flexibility index (Phi) is 4.98. The van der Waals surface area contributed by atoms with Gasteiger partial charge in [-0.05, 0) is 19.4 Å². The Bertz CT molecular complexity index is 714. The Morgan fingerprint density at radius 3 is 3.00 bits per heavy atom. The second-order valence-corrected chi connectivity index (χ2v) is 5.22. The van der Waals surface area contributed by atoms with E-state index in [1.165, 1.54) is 11.3 Å². The van der Waals surface area contributed by atoms with Crippen LogP contribution < -0.4 is 11.1 Å². The number of rotatable bonds is 3. The first-order valence-corrected chi connectivity index (χ1v) is 7.25. The molecule has 0 bridgehead atoms. The van der Waals surface area contributed by atoms with Crippen molar-refractivity contribution >= 4 is 22.4 Å². The van der Waals surface area contributed by atoms with Crippen LogP contribution in [0.2, 0.25) is 0 Å². The predicted octanol–water partition coefficient (Wildman–Crippen LogP) is 1.37. The molecule has 0 aliphatic rings. The first kappa shape index (κ1) is 15.1. The molecule has 0 aromatic carbocycles. The highest BCUT2D eigenvalue weighted by atomic mass is 32.1. The highest BCUT2D eigenvalue weighted by Crippen LogP contribution is 2.18. The van der Waals surface area contributed by atoms with Gasteiger partial charge in [0.25, 0.3) is 5.91 Å². The largest absolute Gasteiger partial charge is 0.320 e. The molecule has 6 nitrogen and oxygen atoms in total. The third-order valence-electron chi connectivity index (χ3n) is 2.61. The van der Waals surface area contributed by atoms with Gasteiger partial charge in [-0.2, -0.15) is 10.2 Å². The summed E-state index contributed by atoms with van der Waals surface area (Å²) >= 11 is 1.31. The Labute approximate surface area is 126 Å². The maximum absolute atomic E-state index is 12.3. The topological polar surface area (TPSA) is 93.8 Å². The van der Waals surface area contributed by atoms with Crippen LogP contribution in [0.3, 0.4) is 0 Å². The molecule has 7 heteroatoms. The molecule has 2 heterocycles. The lowest BCUT2D eigenvalue weighted by Crippen LogP contribution is -2.16. The molecule has 2 aromatic rings. The second kappa shape index (κ2) is 6.92. The lowest BCUT2D eigenvalue weighted by atomic mass is 10.1. The number of carbonyl (C=O) groups excluding carboxylic acids is 1. The average molecular weight is 301 g/mol. The summed E-state index contributed by atoms with van der Waals surface area (Å²) in [4.78, 5) is 17.2. The summed E-state index contributed by atoms with van der Waals surface area (Å²) in [6.45, 7) is 4.02. The van der Waals surface area contributed by atoms with Gasteiger partial charge in [0, 0.05) is 0 Å². The number of hydrogen-bond donors (Lipinski definition) is 2. The predicted molar refractivity (Wildman–Crippen MR) is 82.1 cm³/mol. The fourth-order valence-electron chi connectivity index (χ4n) is 1.66. The molecule has 0 saturated heterocycles. The van der Waals surface area contributed by atoms with Crippen molar-refractivity contribution in [1.29, 1.82) is 0 Å². The van der Waals surface area contributed by atoms with E-state index in [2.05, 4.69) is 32.3 Å². The molecule has 0 radical (unpaired) electrons. The standard InChI is InChI=1S/C14H15N5OS/c1-3-12-11(7-9(2)18-19-12)13(20)17-14-16-8-10(21-14)5-4-6-15/h7-8H,3,6,15H2,1-2H3,(H,16,17,20). The van der Waals surface area contributed by atoms with Crippen molar-refractivity contribution in [3.05, 3.63) is 34.1 Å². The van der Waals surface area contributed by atoms with Gasteiger partial charge in [0.1, 0.15) is 0 Å². The number of nitrogens with two attached hydrogens (primary N) is 1. The minimum atomic E-state index is -0.238. The summed E-state index contributed by atoms with van der Waals surface area (Å²) in [7, 11) is 0. The van der Waals surface area contributed by atoms with Crippen molar-refractivity contribution in [1.82, 2.24) is 15.2 Å². The van der Waals surface area contributed by atoms with Crippen LogP contribution in [0, 0.1) is 18.8 Å². The fourth-order valence-corrected chi connectivity index (χ4v) is 2.35. The van der Waals surface area contributed by atoms with E-state index in [4.69, 9.17) is 5.73 Å². The Hall–Kier alpha value is -2.30. The van der Waals surface area contributed by atoms with Crippen molar-refractivity contribution in [2.45, 2.75) is 20.3 Å². The van der Waals surface area contributed by atoms with E-state index in [-0.39, 0.29) is 5.91 Å². The maximum atomic E-state index is 12.3. The zero-order chi connectivity index (χ0) is 15.2. The van der Waals surface area contributed by atoms with E-state index in [1.54, 1.807) is 19.2 Å². The molecular formula is C14H15N5OS. The number of nitrogens with zero attached hydrogens (tertiary/aromatic N) is 3. The van der Waals surface area contributed by atoms with Crippen molar-refractivity contribution < 1.29 is 4.79 Å². The van der Waals surface area contributed by atoms with Crippen molar-refractivity contribution in [3.63, 3.8) is 0 Å². The van der Waals surface area contributed by atoms with E-state index >= 15 is 0 Å². The van der Waals surface area contributed by atoms with E-state index < -0.39 is 0 Å². The summed E-state index contributed by atoms with van der Waals surface area (Å²) in [5.41, 5.74) is 7.20. The third-order valence-corrected chi connectivity index (χ3v) is 3.44. The number of hydrogen-bond acceptors (Lipinski definition) is 6. The molecule has 0 saturated carbocycles. The normalized spacial score (nSPS) is 9.86. The monoisotopic (exact) mass is 301 g/mol. The van der Waals surface area contributed by atoms with Crippen LogP contribution in [-0.2, 0) is 6.42 Å². The molecule has 21 heavy (non-hydrogen) atoms. The number of amides is 1. The van der Waals surface area contributed by atoms with Gasteiger partial charge in [-0.1, -0.05) is 30.1 Å². The quantitative estimate of drug-likeness (QED) is 0.835. The first-order chi connectivity index (χ1) is 10.1. The number of carbonyl (C=O) groups is 1. The Morgan fingerprint density at radius 2 is 2.29 bits per heavy atom. The summed E-state index contributed by atoms with van der Waals surface area (Å²) in [5, 5.41) is 11.3. The summed E-state index contributed by atoms with van der Waals surface area (Å²) in [6, 6.07) is 1.73. The number of aromatic nitrogens is 3. The minimum Gasteiger partial charge on any atom is -0.320 e. The molecule has 0 aliphatic heterocycles. The Morgan fingerprint density at radius 1 is 1.48 bits per heavy atom. The molecule has 108 valence electrons. The zero-order valence-electron chi connectivity index (χ0n) is 11.8. The fraction of sp³-hybridized carbons (Fsp3) is 0.286. The highest BCUT2D eigenvalue weighted by molar-refractivity contribution is 7.16. The van der Waals surface area contributed by atoms with Crippen LogP contribution in [0.4, 0.5) is 5.13 Å². The molecule has 3 N–H and O–H groups in total. The molecular weight excluding hydrogens is 286 g/mol. The van der Waals surface area contributed by atoms with Gasteiger partial charge in [-0.3, -0.25) is 10.1 Å². The van der Waals surface area contributed by atoms with Crippen molar-refractivity contribution in [2.24, 2.45) is 5.73 Å². The highest BCUT2D eigenvalue weighted by Gasteiger charge is 2.14. The molecule has 2 aromatic heterocycles. The SMILES string of the molecule is CCc1nnc(C)cc1C(=O)Nc1ncc(C#CCN)s1. The van der Waals surface area contributed by atoms with Gasteiger partial charge in [0.15, 0.2) is 5.13 Å². The van der Waals surface area contributed by atoms with Gasteiger partial charge in [-0.15, -0.1) is 0 Å². The molecule has 0 atom stereocenters. The van der Waals surface area contributed by atoms with Crippen LogP contribution in [0.15, 0.2) is 12.3 Å². The zero-order valence-corrected chi connectivity index (χ0v) is 12.6. The van der Waals surface area contributed by atoms with Gasteiger partial charge in [-0.25, -0.2) is 4.98 Å². The molecule has 0 aliphatic carbocycles. The minimum absolute atomic E-state index is 0.238. The Balaban J connectivity index is 2.18. The van der Waals surface area contributed by atoms with Crippen LogP contribution in [0.25, 0.3) is 0 Å². The molecule has 0 fully saturated rings. The molecule has 2 rings (SSSR count). The third kappa shape index (κ3) is 3.84. The first-order valence-electron chi connectivity index (χ1n) is 6.43. The lowest BCUT2D eigenvalue weighted by molar-refractivity contribution is 0.102. The number of thiazole rings is 1. The van der Waals surface area contributed by atoms with Gasteiger partial charge in [0.05, 0.1) is 34.6 Å². The number of nitrogens with one attached hydrogen (secondary N) is 1. The summed E-state index contributed by atoms with van der Waals surface area (Å²) < 4.78 is 0. The van der Waals surface area contributed by atoms with Gasteiger partial charge < -0.3 is 5.73 Å². The van der Waals surface area contributed by atoms with Gasteiger partial charge in [0.2, 0.25) is 0 Å². The van der Waals surface area contributed by atoms with Crippen LogP contribution in [0.5, 0.6) is 0 Å². The van der Waals surface area contributed by atoms with E-state index in [9.17, 15) is 4.79 Å². The van der Waals surface area contributed by atoms with Crippen LogP contribution in [-0.4, -0.2) is 27.6 Å². The van der Waals surface area contributed by atoms with E-state index in [1.807, 2.05) is 6.92 Å². The van der Waals surface area contributed by atoms with Crippen LogP contribution >= 0.6 is 11.3 Å². The van der Waals surface area contributed by atoms with Crippen molar-refractivity contribution in [2.75, 3.05) is 11.9 Å². The van der Waals surface area contributed by atoms with E-state index in [0.29, 0.717) is 35.0 Å².